The van der Waals surface area contributed by atoms with Crippen LogP contribution in [0.25, 0.3) is 0 Å². The Morgan fingerprint density at radius 3 is 1.65 bits per heavy atom. The minimum atomic E-state index is -0.483. The van der Waals surface area contributed by atoms with Crippen molar-refractivity contribution in [3.63, 3.8) is 0 Å². The molecule has 11 nitrogen and oxygen atoms in total. The van der Waals surface area contributed by atoms with Gasteiger partial charge >= 0.3 is 17.9 Å². The normalized spacial score (nSPS) is 10.5. The molecule has 0 spiro atoms. The van der Waals surface area contributed by atoms with Crippen LogP contribution in [-0.4, -0.2) is 72.1 Å². The molecular weight excluding hydrogens is 628 g/mol. The Morgan fingerprint density at radius 1 is 0.674 bits per heavy atom. The highest BCUT2D eigenvalue weighted by Gasteiger charge is 2.17. The minimum absolute atomic E-state index is 0.163. The molecule has 0 amide bonds. The van der Waals surface area contributed by atoms with Crippen LogP contribution in [0.5, 0.6) is 17.2 Å². The van der Waals surface area contributed by atoms with E-state index >= 15 is 0 Å². The number of aromatic hydroxyl groups is 1. The molecule has 3 rings (SSSR count). The first-order valence-corrected chi connectivity index (χ1v) is 13.6. The van der Waals surface area contributed by atoms with E-state index in [0.29, 0.717) is 11.5 Å². The number of methoxy groups -OCH3 is 5. The van der Waals surface area contributed by atoms with Crippen LogP contribution in [0.2, 0.25) is 0 Å². The number of phenols is 1. The van der Waals surface area contributed by atoms with Crippen molar-refractivity contribution < 1.29 is 52.6 Å². The van der Waals surface area contributed by atoms with E-state index in [0.717, 1.165) is 16.7 Å². The summed E-state index contributed by atoms with van der Waals surface area (Å²) in [6.45, 7) is 0.371. The van der Waals surface area contributed by atoms with Gasteiger partial charge in [-0.2, -0.15) is 0 Å². The summed E-state index contributed by atoms with van der Waals surface area (Å²) in [7, 11) is 7.16. The standard InChI is InChI=1S/C11H13BrO4.C11H14O4.C9H10O3/c1-14-7-16-9-5-3-4-8(6-9)10(12)11(13)15-2;1-13-8-15-10-5-3-4-9(6-10)7-11(12)14-2;1-12-9(11)6-7-3-2-4-8(10)5-7/h3-6,10H,7H2,1-2H3;3-6H,7-8H2,1-2H3;2-5,10H,6H2,1H3. The molecule has 234 valence electrons. The first-order valence-electron chi connectivity index (χ1n) is 12.7. The molecule has 3 aromatic rings. The van der Waals surface area contributed by atoms with Crippen molar-refractivity contribution in [1.29, 1.82) is 0 Å². The van der Waals surface area contributed by atoms with E-state index in [1.54, 1.807) is 62.8 Å². The summed E-state index contributed by atoms with van der Waals surface area (Å²) < 4.78 is 33.7. The van der Waals surface area contributed by atoms with Crippen LogP contribution in [-0.2, 0) is 50.9 Å². The zero-order valence-electron chi connectivity index (χ0n) is 24.7. The van der Waals surface area contributed by atoms with E-state index in [-0.39, 0.29) is 50.1 Å². The third kappa shape index (κ3) is 15.6. The van der Waals surface area contributed by atoms with E-state index in [1.807, 2.05) is 18.2 Å². The van der Waals surface area contributed by atoms with Gasteiger partial charge in [-0.15, -0.1) is 0 Å². The van der Waals surface area contributed by atoms with Gasteiger partial charge in [0, 0.05) is 14.2 Å². The van der Waals surface area contributed by atoms with Crippen molar-refractivity contribution >= 4 is 33.8 Å². The number of phenolic OH excluding ortho intramolecular Hbond substituents is 1. The van der Waals surface area contributed by atoms with Gasteiger partial charge in [0.2, 0.25) is 0 Å². The maximum Gasteiger partial charge on any atom is 0.324 e. The van der Waals surface area contributed by atoms with Crippen LogP contribution in [0.4, 0.5) is 0 Å². The molecule has 1 N–H and O–H groups in total. The molecule has 0 radical (unpaired) electrons. The fraction of sp³-hybridized carbons (Fsp3) is 0.323. The molecule has 12 heteroatoms. The van der Waals surface area contributed by atoms with Gasteiger partial charge in [-0.05, 0) is 53.1 Å². The Balaban J connectivity index is 0.000000326. The Kier molecular flexibility index (Phi) is 18.5. The lowest BCUT2D eigenvalue weighted by Gasteiger charge is -2.10. The molecule has 0 aliphatic heterocycles. The van der Waals surface area contributed by atoms with Crippen LogP contribution in [0.15, 0.2) is 72.8 Å². The molecule has 0 heterocycles. The number of rotatable bonds is 12. The third-order valence-corrected chi connectivity index (χ3v) is 6.11. The first kappa shape index (κ1) is 36.9. The third-order valence-electron chi connectivity index (χ3n) is 5.21. The van der Waals surface area contributed by atoms with Crippen molar-refractivity contribution in [2.75, 3.05) is 49.1 Å². The highest BCUT2D eigenvalue weighted by atomic mass is 79.9. The Labute approximate surface area is 259 Å². The highest BCUT2D eigenvalue weighted by Crippen LogP contribution is 2.27. The summed E-state index contributed by atoms with van der Waals surface area (Å²) in [5.74, 6) is 0.575. The number of hydrogen-bond acceptors (Lipinski definition) is 11. The number of carbonyl (C=O) groups is 3. The molecule has 0 aromatic heterocycles. The van der Waals surface area contributed by atoms with Crippen LogP contribution in [0.1, 0.15) is 21.5 Å². The molecule has 0 saturated carbocycles. The number of alkyl halides is 1. The number of ether oxygens (including phenoxy) is 7. The predicted molar refractivity (Wildman–Crippen MR) is 161 cm³/mol. The van der Waals surface area contributed by atoms with E-state index in [9.17, 15) is 14.4 Å². The summed E-state index contributed by atoms with van der Waals surface area (Å²) in [4.78, 5) is 32.6. The lowest BCUT2D eigenvalue weighted by molar-refractivity contribution is -0.140. The van der Waals surface area contributed by atoms with Crippen molar-refractivity contribution in [1.82, 2.24) is 0 Å². The maximum absolute atomic E-state index is 11.3. The fourth-order valence-electron chi connectivity index (χ4n) is 3.14. The molecular formula is C31H37BrO11. The zero-order chi connectivity index (χ0) is 32.0. The van der Waals surface area contributed by atoms with Gasteiger partial charge in [-0.25, -0.2) is 0 Å². The molecule has 43 heavy (non-hydrogen) atoms. The van der Waals surface area contributed by atoms with Gasteiger partial charge in [-0.1, -0.05) is 52.3 Å². The SMILES string of the molecule is COC(=O)Cc1cccc(O)c1.COCOc1cccc(C(Br)C(=O)OC)c1.COCOc1cccc(CC(=O)OC)c1. The summed E-state index contributed by atoms with van der Waals surface area (Å²) in [6.07, 6.45) is 0.450. The molecule has 0 aliphatic carbocycles. The van der Waals surface area contributed by atoms with Gasteiger partial charge in [0.05, 0.1) is 34.2 Å². The molecule has 0 fully saturated rings. The summed E-state index contributed by atoms with van der Waals surface area (Å²) >= 11 is 3.25. The summed E-state index contributed by atoms with van der Waals surface area (Å²) in [5, 5.41) is 9.05. The van der Waals surface area contributed by atoms with Crippen molar-refractivity contribution in [3.05, 3.63) is 89.5 Å². The number of carbonyl (C=O) groups excluding carboxylic acids is 3. The Hall–Kier alpha value is -4.13. The highest BCUT2D eigenvalue weighted by molar-refractivity contribution is 9.09. The topological polar surface area (TPSA) is 136 Å². The molecule has 0 aliphatic rings. The van der Waals surface area contributed by atoms with E-state index < -0.39 is 4.83 Å². The smallest absolute Gasteiger partial charge is 0.324 e. The van der Waals surface area contributed by atoms with Crippen LogP contribution >= 0.6 is 15.9 Å². The largest absolute Gasteiger partial charge is 0.508 e. The van der Waals surface area contributed by atoms with Crippen molar-refractivity contribution in [2.45, 2.75) is 17.7 Å². The van der Waals surface area contributed by atoms with E-state index in [4.69, 9.17) is 24.1 Å². The monoisotopic (exact) mass is 664 g/mol. The van der Waals surface area contributed by atoms with Gasteiger partial charge in [0.15, 0.2) is 13.6 Å². The van der Waals surface area contributed by atoms with Gasteiger partial charge in [0.1, 0.15) is 22.1 Å². The Morgan fingerprint density at radius 2 is 1.16 bits per heavy atom. The number of halogens is 1. The van der Waals surface area contributed by atoms with Crippen LogP contribution in [0, 0.1) is 0 Å². The second-order valence-electron chi connectivity index (χ2n) is 8.38. The summed E-state index contributed by atoms with van der Waals surface area (Å²) in [6, 6.07) is 21.0. The number of esters is 3. The number of benzene rings is 3. The second-order valence-corrected chi connectivity index (χ2v) is 9.30. The lowest BCUT2D eigenvalue weighted by Crippen LogP contribution is -2.08. The minimum Gasteiger partial charge on any atom is -0.508 e. The van der Waals surface area contributed by atoms with Gasteiger partial charge in [-0.3, -0.25) is 14.4 Å². The second kappa shape index (κ2) is 21.6. The zero-order valence-corrected chi connectivity index (χ0v) is 26.3. The average molecular weight is 666 g/mol. The molecule has 0 saturated heterocycles. The average Bonchev–Trinajstić information content (AvgIpc) is 3.02. The predicted octanol–water partition coefficient (Wildman–Crippen LogP) is 4.77. The van der Waals surface area contributed by atoms with Crippen LogP contribution < -0.4 is 9.47 Å². The van der Waals surface area contributed by atoms with Crippen LogP contribution in [0.3, 0.4) is 0 Å². The van der Waals surface area contributed by atoms with Crippen molar-refractivity contribution in [2.24, 2.45) is 0 Å². The first-order chi connectivity index (χ1) is 20.7. The van der Waals surface area contributed by atoms with Crippen molar-refractivity contribution in [3.8, 4) is 17.2 Å². The maximum atomic E-state index is 11.3. The van der Waals surface area contributed by atoms with E-state index in [1.165, 1.54) is 27.4 Å². The molecule has 1 unspecified atom stereocenters. The molecule has 0 bridgehead atoms. The number of hydrogen-bond donors (Lipinski definition) is 1. The summed E-state index contributed by atoms with van der Waals surface area (Å²) in [5.41, 5.74) is 2.39. The Bertz CT molecular complexity index is 1270. The van der Waals surface area contributed by atoms with Gasteiger partial charge in [0.25, 0.3) is 0 Å². The fourth-order valence-corrected chi connectivity index (χ4v) is 3.62. The molecule has 1 atom stereocenters. The van der Waals surface area contributed by atoms with Gasteiger partial charge < -0.3 is 38.3 Å². The lowest BCUT2D eigenvalue weighted by atomic mass is 10.1. The molecule has 3 aromatic carbocycles. The quantitative estimate of drug-likeness (QED) is 0.124. The van der Waals surface area contributed by atoms with E-state index in [2.05, 4.69) is 30.1 Å².